The number of nitrogens with one attached hydrogen (secondary N) is 1. The van der Waals surface area contributed by atoms with Gasteiger partial charge in [0.15, 0.2) is 0 Å². The monoisotopic (exact) mass is 371 g/mol. The molecule has 0 aliphatic heterocycles. The number of aryl methyl sites for hydroxylation is 1. The van der Waals surface area contributed by atoms with E-state index in [0.717, 1.165) is 5.56 Å². The Bertz CT molecular complexity index is 1050. The molecule has 0 spiro atoms. The molecule has 0 amide bonds. The van der Waals surface area contributed by atoms with E-state index in [1.807, 2.05) is 13.0 Å². The molecule has 2 heterocycles. The molecule has 0 saturated heterocycles. The Labute approximate surface area is 150 Å². The summed E-state index contributed by atoms with van der Waals surface area (Å²) >= 11 is 0. The predicted octanol–water partition coefficient (Wildman–Crippen LogP) is 1.91. The quantitative estimate of drug-likeness (QED) is 0.685. The van der Waals surface area contributed by atoms with Gasteiger partial charge in [-0.15, -0.1) is 0 Å². The molecule has 0 saturated carbocycles. The summed E-state index contributed by atoms with van der Waals surface area (Å²) in [4.78, 5) is 19.6. The molecule has 26 heavy (non-hydrogen) atoms. The molecule has 2 N–H and O–H groups in total. The first-order chi connectivity index (χ1) is 12.4. The predicted molar refractivity (Wildman–Crippen MR) is 96.2 cm³/mol. The standard InChI is InChI=1S/C18H17N3O4S/c1-12-9-14-3-2-4-16(17(14)20-11-12)26(24,25)21-15(18(22)23)10-13-5-7-19-8-6-13/h2-9,11,15,21H,10H2,1H3,(H,22,23). The Morgan fingerprint density at radius 3 is 2.65 bits per heavy atom. The van der Waals surface area contributed by atoms with Crippen molar-refractivity contribution in [3.8, 4) is 0 Å². The average molecular weight is 371 g/mol. The number of carboxylic acid groups (broad SMARTS) is 1. The van der Waals surface area contributed by atoms with E-state index < -0.39 is 22.0 Å². The van der Waals surface area contributed by atoms with Gasteiger partial charge < -0.3 is 5.11 Å². The molecule has 134 valence electrons. The number of rotatable bonds is 6. The molecule has 7 nitrogen and oxygen atoms in total. The molecule has 2 aromatic heterocycles. The fourth-order valence-corrected chi connectivity index (χ4v) is 4.01. The summed E-state index contributed by atoms with van der Waals surface area (Å²) in [7, 11) is -4.07. The third kappa shape index (κ3) is 3.87. The minimum atomic E-state index is -4.07. The summed E-state index contributed by atoms with van der Waals surface area (Å²) in [5.74, 6) is -1.26. The van der Waals surface area contributed by atoms with Crippen LogP contribution in [0.5, 0.6) is 0 Å². The van der Waals surface area contributed by atoms with Gasteiger partial charge in [0.25, 0.3) is 0 Å². The zero-order valence-electron chi connectivity index (χ0n) is 14.0. The van der Waals surface area contributed by atoms with E-state index in [2.05, 4.69) is 14.7 Å². The first kappa shape index (κ1) is 18.0. The molecule has 0 bridgehead atoms. The largest absolute Gasteiger partial charge is 0.480 e. The van der Waals surface area contributed by atoms with Gasteiger partial charge in [-0.3, -0.25) is 14.8 Å². The molecule has 1 aromatic carbocycles. The summed E-state index contributed by atoms with van der Waals surface area (Å²) in [5, 5.41) is 10.1. The van der Waals surface area contributed by atoms with Crippen molar-refractivity contribution in [1.29, 1.82) is 0 Å². The maximum atomic E-state index is 12.8. The third-order valence-corrected chi connectivity index (χ3v) is 5.39. The average Bonchev–Trinajstić information content (AvgIpc) is 2.61. The lowest BCUT2D eigenvalue weighted by Crippen LogP contribution is -2.42. The Balaban J connectivity index is 1.95. The van der Waals surface area contributed by atoms with Crippen LogP contribution >= 0.6 is 0 Å². The van der Waals surface area contributed by atoms with Gasteiger partial charge in [0.05, 0.1) is 5.52 Å². The summed E-state index contributed by atoms with van der Waals surface area (Å²) in [6, 6.07) is 8.60. The number of fused-ring (bicyclic) bond motifs is 1. The number of aromatic nitrogens is 2. The first-order valence-corrected chi connectivity index (χ1v) is 9.34. The van der Waals surface area contributed by atoms with E-state index in [0.29, 0.717) is 16.5 Å². The number of para-hydroxylation sites is 1. The van der Waals surface area contributed by atoms with Crippen molar-refractivity contribution in [2.75, 3.05) is 0 Å². The van der Waals surface area contributed by atoms with Crippen molar-refractivity contribution in [2.24, 2.45) is 0 Å². The van der Waals surface area contributed by atoms with Crippen LogP contribution in [0.25, 0.3) is 10.9 Å². The second-order valence-corrected chi connectivity index (χ2v) is 7.59. The van der Waals surface area contributed by atoms with Gasteiger partial charge in [-0.2, -0.15) is 4.72 Å². The zero-order valence-corrected chi connectivity index (χ0v) is 14.8. The maximum absolute atomic E-state index is 12.8. The number of hydrogen-bond donors (Lipinski definition) is 2. The lowest BCUT2D eigenvalue weighted by Gasteiger charge is -2.16. The molecular formula is C18H17N3O4S. The number of hydrogen-bond acceptors (Lipinski definition) is 5. The lowest BCUT2D eigenvalue weighted by molar-refractivity contribution is -0.138. The number of carbonyl (C=O) groups is 1. The number of carboxylic acids is 1. The highest BCUT2D eigenvalue weighted by molar-refractivity contribution is 7.89. The van der Waals surface area contributed by atoms with Crippen LogP contribution < -0.4 is 4.72 Å². The molecule has 0 radical (unpaired) electrons. The van der Waals surface area contributed by atoms with Crippen molar-refractivity contribution in [3.63, 3.8) is 0 Å². The van der Waals surface area contributed by atoms with Gasteiger partial charge in [0, 0.05) is 24.0 Å². The maximum Gasteiger partial charge on any atom is 0.322 e. The van der Waals surface area contributed by atoms with Gasteiger partial charge in [0.1, 0.15) is 10.9 Å². The van der Waals surface area contributed by atoms with Gasteiger partial charge in [0.2, 0.25) is 10.0 Å². The minimum Gasteiger partial charge on any atom is -0.480 e. The summed E-state index contributed by atoms with van der Waals surface area (Å²) in [6.07, 6.45) is 4.64. The number of aliphatic carboxylic acids is 1. The number of benzene rings is 1. The fourth-order valence-electron chi connectivity index (χ4n) is 2.64. The normalized spacial score (nSPS) is 12.8. The first-order valence-electron chi connectivity index (χ1n) is 7.86. The Kier molecular flexibility index (Phi) is 4.97. The van der Waals surface area contributed by atoms with E-state index in [1.54, 1.807) is 30.5 Å². The van der Waals surface area contributed by atoms with Crippen LogP contribution in [0.4, 0.5) is 0 Å². The van der Waals surface area contributed by atoms with Crippen LogP contribution in [-0.2, 0) is 21.2 Å². The SMILES string of the molecule is Cc1cnc2c(S(=O)(=O)NC(Cc3ccncc3)C(=O)O)cccc2c1. The van der Waals surface area contributed by atoms with Crippen LogP contribution in [0.2, 0.25) is 0 Å². The molecule has 3 aromatic rings. The second-order valence-electron chi connectivity index (χ2n) is 5.91. The van der Waals surface area contributed by atoms with Gasteiger partial charge in [-0.1, -0.05) is 12.1 Å². The van der Waals surface area contributed by atoms with E-state index in [4.69, 9.17) is 0 Å². The topological polar surface area (TPSA) is 109 Å². The number of pyridine rings is 2. The van der Waals surface area contributed by atoms with Crippen LogP contribution in [0.1, 0.15) is 11.1 Å². The van der Waals surface area contributed by atoms with E-state index in [1.165, 1.54) is 18.5 Å². The van der Waals surface area contributed by atoms with Crippen molar-refractivity contribution in [1.82, 2.24) is 14.7 Å². The van der Waals surface area contributed by atoms with Crippen LogP contribution in [0.3, 0.4) is 0 Å². The zero-order chi connectivity index (χ0) is 18.7. The highest BCUT2D eigenvalue weighted by Gasteiger charge is 2.27. The van der Waals surface area contributed by atoms with Gasteiger partial charge >= 0.3 is 5.97 Å². The summed E-state index contributed by atoms with van der Waals surface area (Å²) in [6.45, 7) is 1.86. The number of sulfonamides is 1. The van der Waals surface area contributed by atoms with Gasteiger partial charge in [-0.05, 0) is 48.7 Å². The van der Waals surface area contributed by atoms with Crippen LogP contribution in [0.15, 0.2) is 59.9 Å². The molecule has 1 atom stereocenters. The van der Waals surface area contributed by atoms with Crippen LogP contribution in [0, 0.1) is 6.92 Å². The van der Waals surface area contributed by atoms with E-state index in [9.17, 15) is 18.3 Å². The lowest BCUT2D eigenvalue weighted by atomic mass is 10.1. The van der Waals surface area contributed by atoms with Crippen molar-refractivity contribution < 1.29 is 18.3 Å². The molecular weight excluding hydrogens is 354 g/mol. The fraction of sp³-hybridized carbons (Fsp3) is 0.167. The molecule has 0 aliphatic carbocycles. The number of nitrogens with zero attached hydrogens (tertiary/aromatic N) is 2. The molecule has 0 aliphatic rings. The van der Waals surface area contributed by atoms with Crippen molar-refractivity contribution in [3.05, 3.63) is 66.1 Å². The third-order valence-electron chi connectivity index (χ3n) is 3.88. The minimum absolute atomic E-state index is 0.00832. The highest BCUT2D eigenvalue weighted by atomic mass is 32.2. The molecule has 1 unspecified atom stereocenters. The summed E-state index contributed by atoms with van der Waals surface area (Å²) < 4.78 is 27.9. The van der Waals surface area contributed by atoms with E-state index >= 15 is 0 Å². The van der Waals surface area contributed by atoms with Crippen LogP contribution in [-0.4, -0.2) is 35.5 Å². The Morgan fingerprint density at radius 1 is 1.23 bits per heavy atom. The smallest absolute Gasteiger partial charge is 0.322 e. The van der Waals surface area contributed by atoms with Crippen molar-refractivity contribution >= 4 is 26.9 Å². The van der Waals surface area contributed by atoms with E-state index in [-0.39, 0.29) is 11.3 Å². The Morgan fingerprint density at radius 2 is 1.96 bits per heavy atom. The van der Waals surface area contributed by atoms with Crippen molar-refractivity contribution in [2.45, 2.75) is 24.3 Å². The molecule has 8 heteroatoms. The summed E-state index contributed by atoms with van der Waals surface area (Å²) in [5.41, 5.74) is 1.88. The molecule has 0 fully saturated rings. The molecule has 3 rings (SSSR count). The Hall–Kier alpha value is -2.84. The van der Waals surface area contributed by atoms with Gasteiger partial charge in [-0.25, -0.2) is 8.42 Å². The highest BCUT2D eigenvalue weighted by Crippen LogP contribution is 2.22. The second kappa shape index (κ2) is 7.19.